The Kier molecular flexibility index (Phi) is 6.40. The van der Waals surface area contributed by atoms with Gasteiger partial charge in [-0.3, -0.25) is 0 Å². The second-order valence-electron chi connectivity index (χ2n) is 14.5. The van der Waals surface area contributed by atoms with E-state index in [-0.39, 0.29) is 0 Å². The van der Waals surface area contributed by atoms with Gasteiger partial charge in [0.2, 0.25) is 0 Å². The van der Waals surface area contributed by atoms with E-state index in [2.05, 4.69) is 170 Å². The summed E-state index contributed by atoms with van der Waals surface area (Å²) in [4.78, 5) is 0. The molecular formula is C52H32OS. The molecule has 2 heteroatoms. The third-order valence-electron chi connectivity index (χ3n) is 11.7. The van der Waals surface area contributed by atoms with E-state index >= 15 is 0 Å². The van der Waals surface area contributed by atoms with E-state index in [1.54, 1.807) is 0 Å². The van der Waals surface area contributed by atoms with Crippen molar-refractivity contribution >= 4 is 97.9 Å². The van der Waals surface area contributed by atoms with Crippen molar-refractivity contribution in [3.05, 3.63) is 168 Å². The van der Waals surface area contributed by atoms with E-state index in [4.69, 9.17) is 4.42 Å². The molecule has 54 heavy (non-hydrogen) atoms. The molecule has 0 fully saturated rings. The molecule has 12 rings (SSSR count). The molecule has 2 heterocycles. The number of hydrogen-bond acceptors (Lipinski definition) is 2. The van der Waals surface area contributed by atoms with Gasteiger partial charge in [-0.25, -0.2) is 0 Å². The Morgan fingerprint density at radius 2 is 1.00 bits per heavy atom. The first-order chi connectivity index (χ1) is 26.8. The lowest BCUT2D eigenvalue weighted by Gasteiger charge is -2.20. The van der Waals surface area contributed by atoms with Crippen LogP contribution in [-0.2, 0) is 0 Å². The molecule has 0 saturated carbocycles. The second kappa shape index (κ2) is 11.5. The Bertz CT molecular complexity index is 3490. The molecule has 252 valence electrons. The Labute approximate surface area is 315 Å². The Balaban J connectivity index is 1.19. The molecule has 11 aromatic rings. The quantitative estimate of drug-likeness (QED) is 0.178. The SMILES string of the molecule is C1=c2c(-c3ccccc3)c3ccccc3c(-c3ccc(-c4cc5c(ccc6c7ccccc7oc65)c5c4sc4ccccc45)c4ccccc34)c2=CCC1. The first kappa shape index (κ1) is 30.0. The van der Waals surface area contributed by atoms with Crippen molar-refractivity contribution in [1.82, 2.24) is 0 Å². The monoisotopic (exact) mass is 704 g/mol. The van der Waals surface area contributed by atoms with Crippen LogP contribution in [0.25, 0.3) is 120 Å². The molecule has 0 N–H and O–H groups in total. The zero-order chi connectivity index (χ0) is 35.3. The molecular weight excluding hydrogens is 673 g/mol. The summed E-state index contributed by atoms with van der Waals surface area (Å²) in [7, 11) is 0. The topological polar surface area (TPSA) is 13.1 Å². The molecule has 0 bridgehead atoms. The Morgan fingerprint density at radius 3 is 1.80 bits per heavy atom. The van der Waals surface area contributed by atoms with E-state index in [0.29, 0.717) is 0 Å². The molecule has 1 aliphatic rings. The van der Waals surface area contributed by atoms with Crippen molar-refractivity contribution < 1.29 is 4.42 Å². The molecule has 2 aromatic heterocycles. The van der Waals surface area contributed by atoms with Gasteiger partial charge in [-0.15, -0.1) is 11.3 Å². The maximum absolute atomic E-state index is 6.69. The van der Waals surface area contributed by atoms with Gasteiger partial charge >= 0.3 is 0 Å². The third kappa shape index (κ3) is 4.20. The maximum Gasteiger partial charge on any atom is 0.143 e. The normalized spacial score (nSPS) is 13.0. The van der Waals surface area contributed by atoms with Crippen molar-refractivity contribution in [1.29, 1.82) is 0 Å². The fraction of sp³-hybridized carbons (Fsp3) is 0.0385. The van der Waals surface area contributed by atoms with Gasteiger partial charge in [-0.05, 0) is 102 Å². The zero-order valence-corrected chi connectivity index (χ0v) is 30.2. The number of para-hydroxylation sites is 1. The maximum atomic E-state index is 6.69. The van der Waals surface area contributed by atoms with Crippen molar-refractivity contribution in [2.24, 2.45) is 0 Å². The molecule has 0 aliphatic heterocycles. The highest BCUT2D eigenvalue weighted by molar-refractivity contribution is 7.26. The number of hydrogen-bond donors (Lipinski definition) is 0. The summed E-state index contributed by atoms with van der Waals surface area (Å²) in [6.07, 6.45) is 7.04. The van der Waals surface area contributed by atoms with Gasteiger partial charge in [0.1, 0.15) is 11.2 Å². The predicted molar refractivity (Wildman–Crippen MR) is 233 cm³/mol. The number of thiophene rings is 1. The lowest BCUT2D eigenvalue weighted by molar-refractivity contribution is 0.672. The van der Waals surface area contributed by atoms with Crippen LogP contribution in [0.2, 0.25) is 0 Å². The van der Waals surface area contributed by atoms with Gasteiger partial charge in [-0.2, -0.15) is 0 Å². The van der Waals surface area contributed by atoms with Gasteiger partial charge in [-0.1, -0.05) is 146 Å². The molecule has 0 amide bonds. The van der Waals surface area contributed by atoms with Crippen LogP contribution < -0.4 is 10.4 Å². The molecule has 9 aromatic carbocycles. The highest BCUT2D eigenvalue weighted by Gasteiger charge is 2.22. The molecule has 0 radical (unpaired) electrons. The molecule has 0 atom stereocenters. The van der Waals surface area contributed by atoms with Crippen molar-refractivity contribution in [3.63, 3.8) is 0 Å². The first-order valence-electron chi connectivity index (χ1n) is 18.8. The third-order valence-corrected chi connectivity index (χ3v) is 12.9. The van der Waals surface area contributed by atoms with Crippen LogP contribution in [0.5, 0.6) is 0 Å². The summed E-state index contributed by atoms with van der Waals surface area (Å²) in [6, 6.07) is 58.0. The largest absolute Gasteiger partial charge is 0.455 e. The van der Waals surface area contributed by atoms with E-state index < -0.39 is 0 Å². The number of rotatable bonds is 3. The van der Waals surface area contributed by atoms with Crippen molar-refractivity contribution in [2.45, 2.75) is 12.8 Å². The van der Waals surface area contributed by atoms with Crippen LogP contribution in [0, 0.1) is 0 Å². The summed E-state index contributed by atoms with van der Waals surface area (Å²) in [5, 5.41) is 15.1. The van der Waals surface area contributed by atoms with Gasteiger partial charge in [0.15, 0.2) is 0 Å². The standard InChI is InChI=1S/C52H32OS/c1-2-14-31(15-3-1)48-36-19-6-8-21-38(36)49(39-22-9-7-20-37(39)48)40-27-26-34(32-16-4-5-17-33(32)40)45-30-44-41(50-43-23-11-13-25-47(43)54-52(45)50)28-29-42-35-18-10-12-24-46(35)53-51(42)44/h1-6,8,10-30H,7,9H2. The molecule has 1 nitrogen and oxygen atoms in total. The fourth-order valence-corrected chi connectivity index (χ4v) is 10.6. The lowest BCUT2D eigenvalue weighted by Crippen LogP contribution is -2.31. The number of benzene rings is 9. The van der Waals surface area contributed by atoms with Gasteiger partial charge in [0.25, 0.3) is 0 Å². The van der Waals surface area contributed by atoms with Crippen LogP contribution in [0.3, 0.4) is 0 Å². The van der Waals surface area contributed by atoms with Crippen molar-refractivity contribution in [3.8, 4) is 33.4 Å². The minimum Gasteiger partial charge on any atom is -0.455 e. The highest BCUT2D eigenvalue weighted by Crippen LogP contribution is 2.48. The molecule has 0 spiro atoms. The molecule has 0 unspecified atom stereocenters. The summed E-state index contributed by atoms with van der Waals surface area (Å²) >= 11 is 1.90. The van der Waals surface area contributed by atoms with Crippen LogP contribution in [-0.4, -0.2) is 0 Å². The Hall–Kier alpha value is -6.48. The summed E-state index contributed by atoms with van der Waals surface area (Å²) in [5.74, 6) is 0. The average molecular weight is 705 g/mol. The zero-order valence-electron chi connectivity index (χ0n) is 29.4. The average Bonchev–Trinajstić information content (AvgIpc) is 3.82. The number of fused-ring (bicyclic) bond motifs is 12. The van der Waals surface area contributed by atoms with Gasteiger partial charge in [0, 0.05) is 41.9 Å². The number of furan rings is 1. The van der Waals surface area contributed by atoms with Crippen molar-refractivity contribution in [2.75, 3.05) is 0 Å². The lowest BCUT2D eigenvalue weighted by atomic mass is 9.84. The summed E-state index contributed by atoms with van der Waals surface area (Å²) in [5.41, 5.74) is 9.59. The predicted octanol–water partition coefficient (Wildman–Crippen LogP) is 13.8. The van der Waals surface area contributed by atoms with Gasteiger partial charge in [0.05, 0.1) is 0 Å². The minimum absolute atomic E-state index is 0.925. The Morgan fingerprint density at radius 1 is 0.407 bits per heavy atom. The first-order valence-corrected chi connectivity index (χ1v) is 19.6. The smallest absolute Gasteiger partial charge is 0.143 e. The fourth-order valence-electron chi connectivity index (χ4n) is 9.40. The summed E-state index contributed by atoms with van der Waals surface area (Å²) in [6.45, 7) is 0. The van der Waals surface area contributed by atoms with Gasteiger partial charge < -0.3 is 4.42 Å². The van der Waals surface area contributed by atoms with E-state index in [1.807, 2.05) is 11.3 Å². The molecule has 0 saturated heterocycles. The van der Waals surface area contributed by atoms with E-state index in [1.165, 1.54) is 90.9 Å². The van der Waals surface area contributed by atoms with Crippen LogP contribution in [0.15, 0.2) is 162 Å². The summed E-state index contributed by atoms with van der Waals surface area (Å²) < 4.78 is 9.31. The van der Waals surface area contributed by atoms with E-state index in [0.717, 1.165) is 40.2 Å². The van der Waals surface area contributed by atoms with Crippen LogP contribution in [0.1, 0.15) is 12.8 Å². The molecule has 1 aliphatic carbocycles. The second-order valence-corrected chi connectivity index (χ2v) is 15.6. The highest BCUT2D eigenvalue weighted by atomic mass is 32.1. The van der Waals surface area contributed by atoms with E-state index in [9.17, 15) is 0 Å². The van der Waals surface area contributed by atoms with Crippen LogP contribution in [0.4, 0.5) is 0 Å². The van der Waals surface area contributed by atoms with Crippen LogP contribution >= 0.6 is 11.3 Å². The minimum atomic E-state index is 0.925.